The lowest BCUT2D eigenvalue weighted by Crippen LogP contribution is -2.46. The van der Waals surface area contributed by atoms with E-state index in [0.29, 0.717) is 17.4 Å². The van der Waals surface area contributed by atoms with Crippen LogP contribution >= 0.6 is 0 Å². The average Bonchev–Trinajstić information content (AvgIpc) is 2.54. The van der Waals surface area contributed by atoms with Gasteiger partial charge in [-0.3, -0.25) is 5.43 Å². The molecule has 1 aromatic heterocycles. The molecule has 1 fully saturated rings. The van der Waals surface area contributed by atoms with E-state index in [9.17, 15) is 0 Å². The Hall–Kier alpha value is -2.12. The van der Waals surface area contributed by atoms with Crippen LogP contribution in [0.15, 0.2) is 18.3 Å². The molecule has 7 heteroatoms. The molecule has 2 heterocycles. The fourth-order valence-corrected chi connectivity index (χ4v) is 2.33. The van der Waals surface area contributed by atoms with E-state index in [-0.39, 0.29) is 0 Å². The second-order valence-corrected chi connectivity index (χ2v) is 4.81. The van der Waals surface area contributed by atoms with Crippen molar-refractivity contribution < 1.29 is 9.47 Å². The number of anilines is 1. The summed E-state index contributed by atoms with van der Waals surface area (Å²) in [6, 6.07) is 3.74. The van der Waals surface area contributed by atoms with Gasteiger partial charge in [-0.15, -0.1) is 0 Å². The van der Waals surface area contributed by atoms with Crippen molar-refractivity contribution in [3.63, 3.8) is 0 Å². The van der Waals surface area contributed by atoms with E-state index in [4.69, 9.17) is 9.47 Å². The summed E-state index contributed by atoms with van der Waals surface area (Å²) in [6.45, 7) is 3.78. The largest absolute Gasteiger partial charge is 0.493 e. The van der Waals surface area contributed by atoms with Crippen LogP contribution in [0.5, 0.6) is 11.5 Å². The maximum atomic E-state index is 5.31. The lowest BCUT2D eigenvalue weighted by Gasteiger charge is -2.27. The molecule has 0 saturated carbocycles. The van der Waals surface area contributed by atoms with Gasteiger partial charge in [0.1, 0.15) is 0 Å². The summed E-state index contributed by atoms with van der Waals surface area (Å²) in [5, 5.41) is 6.33. The molecule has 1 aromatic carbocycles. The quantitative estimate of drug-likeness (QED) is 0.865. The summed E-state index contributed by atoms with van der Waals surface area (Å²) in [6.07, 6.45) is 1.79. The first-order valence-electron chi connectivity index (χ1n) is 6.91. The Morgan fingerprint density at radius 3 is 2.57 bits per heavy atom. The van der Waals surface area contributed by atoms with E-state index >= 15 is 0 Å². The van der Waals surface area contributed by atoms with Crippen LogP contribution in [0.2, 0.25) is 0 Å². The van der Waals surface area contributed by atoms with Crippen molar-refractivity contribution in [1.82, 2.24) is 20.3 Å². The minimum Gasteiger partial charge on any atom is -0.493 e. The number of hydrazine groups is 1. The monoisotopic (exact) mass is 289 g/mol. The van der Waals surface area contributed by atoms with E-state index < -0.39 is 0 Å². The Morgan fingerprint density at radius 1 is 1.14 bits per heavy atom. The standard InChI is InChI=1S/C14H19N5O2/c1-20-12-7-10-9-16-14(17-11(10)8-13(12)21-2)18-19-5-3-15-4-6-19/h7-9,15H,3-6H2,1-2H3,(H,16,17,18). The van der Waals surface area contributed by atoms with Gasteiger partial charge < -0.3 is 14.8 Å². The van der Waals surface area contributed by atoms with Crippen molar-refractivity contribution in [2.24, 2.45) is 0 Å². The van der Waals surface area contributed by atoms with Crippen LogP contribution in [0.1, 0.15) is 0 Å². The molecule has 1 aliphatic heterocycles. The summed E-state index contributed by atoms with van der Waals surface area (Å²) >= 11 is 0. The highest BCUT2D eigenvalue weighted by molar-refractivity contribution is 5.82. The number of nitrogens with zero attached hydrogens (tertiary/aromatic N) is 3. The predicted molar refractivity (Wildman–Crippen MR) is 80.7 cm³/mol. The minimum absolute atomic E-state index is 0.594. The molecule has 0 bridgehead atoms. The number of benzene rings is 1. The number of nitrogens with one attached hydrogen (secondary N) is 2. The number of fused-ring (bicyclic) bond motifs is 1. The van der Waals surface area contributed by atoms with Crippen molar-refractivity contribution in [1.29, 1.82) is 0 Å². The van der Waals surface area contributed by atoms with E-state index in [1.807, 2.05) is 12.1 Å². The van der Waals surface area contributed by atoms with Gasteiger partial charge in [0.15, 0.2) is 11.5 Å². The molecular formula is C14H19N5O2. The van der Waals surface area contributed by atoms with E-state index in [1.54, 1.807) is 20.4 Å². The van der Waals surface area contributed by atoms with E-state index in [0.717, 1.165) is 37.1 Å². The first-order chi connectivity index (χ1) is 10.3. The zero-order valence-electron chi connectivity index (χ0n) is 12.2. The van der Waals surface area contributed by atoms with Crippen molar-refractivity contribution in [3.05, 3.63) is 18.3 Å². The van der Waals surface area contributed by atoms with Crippen LogP contribution in [0.3, 0.4) is 0 Å². The predicted octanol–water partition coefficient (Wildman–Crippen LogP) is 0.879. The van der Waals surface area contributed by atoms with Crippen LogP contribution in [0, 0.1) is 0 Å². The average molecular weight is 289 g/mol. The van der Waals surface area contributed by atoms with Gasteiger partial charge in [0.2, 0.25) is 5.95 Å². The third kappa shape index (κ3) is 2.98. The second kappa shape index (κ2) is 6.11. The third-order valence-electron chi connectivity index (χ3n) is 3.46. The maximum Gasteiger partial charge on any atom is 0.238 e. The molecular weight excluding hydrogens is 270 g/mol. The van der Waals surface area contributed by atoms with Gasteiger partial charge in [-0.1, -0.05) is 0 Å². The van der Waals surface area contributed by atoms with Gasteiger partial charge in [0.05, 0.1) is 19.7 Å². The molecule has 7 nitrogen and oxygen atoms in total. The Morgan fingerprint density at radius 2 is 1.86 bits per heavy atom. The van der Waals surface area contributed by atoms with Crippen LogP contribution in [0.25, 0.3) is 10.9 Å². The lowest BCUT2D eigenvalue weighted by molar-refractivity contribution is 0.285. The molecule has 3 rings (SSSR count). The molecule has 0 radical (unpaired) electrons. The van der Waals surface area contributed by atoms with E-state index in [1.165, 1.54) is 0 Å². The molecule has 0 aliphatic carbocycles. The zero-order chi connectivity index (χ0) is 14.7. The first kappa shape index (κ1) is 13.8. The fraction of sp³-hybridized carbons (Fsp3) is 0.429. The summed E-state index contributed by atoms with van der Waals surface area (Å²) in [5.41, 5.74) is 4.06. The molecule has 21 heavy (non-hydrogen) atoms. The fourth-order valence-electron chi connectivity index (χ4n) is 2.33. The Balaban J connectivity index is 1.88. The first-order valence-corrected chi connectivity index (χ1v) is 6.91. The molecule has 112 valence electrons. The summed E-state index contributed by atoms with van der Waals surface area (Å²) in [7, 11) is 3.23. The number of ether oxygens (including phenoxy) is 2. The minimum atomic E-state index is 0.594. The Bertz CT molecular complexity index is 628. The van der Waals surface area contributed by atoms with Gasteiger partial charge >= 0.3 is 0 Å². The van der Waals surface area contributed by atoms with Crippen molar-refractivity contribution in [2.75, 3.05) is 45.8 Å². The SMILES string of the molecule is COc1cc2cnc(NN3CCNCC3)nc2cc1OC. The number of methoxy groups -OCH3 is 2. The number of hydrogen-bond acceptors (Lipinski definition) is 7. The molecule has 0 amide bonds. The van der Waals surface area contributed by atoms with Crippen LogP contribution < -0.4 is 20.2 Å². The van der Waals surface area contributed by atoms with Crippen molar-refractivity contribution in [2.45, 2.75) is 0 Å². The molecule has 1 saturated heterocycles. The highest BCUT2D eigenvalue weighted by atomic mass is 16.5. The summed E-state index contributed by atoms with van der Waals surface area (Å²) in [4.78, 5) is 8.88. The summed E-state index contributed by atoms with van der Waals surface area (Å²) < 4.78 is 10.6. The van der Waals surface area contributed by atoms with Gasteiger partial charge in [0, 0.05) is 43.8 Å². The normalized spacial score (nSPS) is 15.9. The summed E-state index contributed by atoms with van der Waals surface area (Å²) in [5.74, 6) is 1.94. The Labute approximate surface area is 123 Å². The van der Waals surface area contributed by atoms with Gasteiger partial charge in [-0.2, -0.15) is 0 Å². The van der Waals surface area contributed by atoms with Crippen molar-refractivity contribution >= 4 is 16.9 Å². The molecule has 2 aromatic rings. The van der Waals surface area contributed by atoms with Crippen LogP contribution in [0.4, 0.5) is 5.95 Å². The van der Waals surface area contributed by atoms with Crippen LogP contribution in [-0.2, 0) is 0 Å². The number of hydrogen-bond donors (Lipinski definition) is 2. The number of rotatable bonds is 4. The number of aromatic nitrogens is 2. The highest BCUT2D eigenvalue weighted by Crippen LogP contribution is 2.31. The molecule has 0 unspecified atom stereocenters. The Kier molecular flexibility index (Phi) is 4.03. The highest BCUT2D eigenvalue weighted by Gasteiger charge is 2.12. The van der Waals surface area contributed by atoms with Gasteiger partial charge in [0.25, 0.3) is 0 Å². The van der Waals surface area contributed by atoms with Crippen molar-refractivity contribution in [3.8, 4) is 11.5 Å². The molecule has 0 atom stereocenters. The molecule has 0 spiro atoms. The lowest BCUT2D eigenvalue weighted by atomic mass is 10.2. The zero-order valence-corrected chi connectivity index (χ0v) is 12.2. The van der Waals surface area contributed by atoms with Gasteiger partial charge in [-0.25, -0.2) is 15.0 Å². The van der Waals surface area contributed by atoms with Crippen LogP contribution in [-0.4, -0.2) is 55.4 Å². The maximum absolute atomic E-state index is 5.31. The second-order valence-electron chi connectivity index (χ2n) is 4.81. The topological polar surface area (TPSA) is 71.5 Å². The molecule has 2 N–H and O–H groups in total. The van der Waals surface area contributed by atoms with Gasteiger partial charge in [-0.05, 0) is 6.07 Å². The number of piperazine rings is 1. The van der Waals surface area contributed by atoms with E-state index in [2.05, 4.69) is 25.7 Å². The molecule has 1 aliphatic rings. The smallest absolute Gasteiger partial charge is 0.238 e. The third-order valence-corrected chi connectivity index (χ3v) is 3.46.